The fourth-order valence-corrected chi connectivity index (χ4v) is 3.96. The monoisotopic (exact) mass is 397 g/mol. The van der Waals surface area contributed by atoms with Crippen LogP contribution in [-0.4, -0.2) is 33.3 Å². The van der Waals surface area contributed by atoms with Gasteiger partial charge in [-0.05, 0) is 42.5 Å². The molecular formula is C19H19F4N3O2. The highest BCUT2D eigenvalue weighted by Crippen LogP contribution is 2.60. The zero-order valence-corrected chi connectivity index (χ0v) is 14.9. The standard InChI is InChI=1S/C19H19F4N3O2/c20-17-13-10-15-12(9-14(13)18(17,28)19(21,22)23)3-1-2-6-26(15)16(27)4-7-25-8-5-24-11-25/h5,8-11,17,28H,1-4,6-7H2/t17-,18?/m1/s1. The topological polar surface area (TPSA) is 58.4 Å². The second kappa shape index (κ2) is 6.58. The fourth-order valence-electron chi connectivity index (χ4n) is 3.96. The van der Waals surface area contributed by atoms with Crippen molar-refractivity contribution in [2.75, 3.05) is 11.4 Å². The number of carbonyl (C=O) groups is 1. The molecule has 1 amide bonds. The average molecular weight is 397 g/mol. The maximum atomic E-state index is 14.3. The lowest BCUT2D eigenvalue weighted by Crippen LogP contribution is -2.53. The van der Waals surface area contributed by atoms with Gasteiger partial charge in [0.05, 0.1) is 6.33 Å². The molecule has 1 aliphatic carbocycles. The van der Waals surface area contributed by atoms with Crippen LogP contribution in [0, 0.1) is 0 Å². The van der Waals surface area contributed by atoms with Gasteiger partial charge >= 0.3 is 6.18 Å². The SMILES string of the molecule is O=C(CCn1ccnc1)N1CCCCc2cc3c(cc21)[C@@H](F)C3(O)C(F)(F)F. The minimum absolute atomic E-state index is 0.183. The predicted octanol–water partition coefficient (Wildman–Crippen LogP) is 3.42. The smallest absolute Gasteiger partial charge is 0.374 e. The third-order valence-electron chi connectivity index (χ3n) is 5.55. The van der Waals surface area contributed by atoms with Crippen molar-refractivity contribution in [3.05, 3.63) is 47.5 Å². The van der Waals surface area contributed by atoms with Crippen molar-refractivity contribution in [1.82, 2.24) is 9.55 Å². The zero-order valence-electron chi connectivity index (χ0n) is 14.9. The van der Waals surface area contributed by atoms with E-state index >= 15 is 0 Å². The number of rotatable bonds is 3. The van der Waals surface area contributed by atoms with E-state index in [1.165, 1.54) is 17.0 Å². The molecule has 0 radical (unpaired) electrons. The highest BCUT2D eigenvalue weighted by molar-refractivity contribution is 5.94. The molecule has 5 nitrogen and oxygen atoms in total. The molecule has 2 heterocycles. The highest BCUT2D eigenvalue weighted by Gasteiger charge is 2.68. The maximum Gasteiger partial charge on any atom is 0.424 e. The molecule has 2 atom stereocenters. The number of hydrogen-bond donors (Lipinski definition) is 1. The number of aryl methyl sites for hydroxylation is 2. The molecule has 9 heteroatoms. The molecule has 0 saturated heterocycles. The van der Waals surface area contributed by atoms with Crippen LogP contribution in [0.1, 0.15) is 42.1 Å². The number of aromatic nitrogens is 2. The lowest BCUT2D eigenvalue weighted by Gasteiger charge is -2.44. The fraction of sp³-hybridized carbons (Fsp3) is 0.474. The predicted molar refractivity (Wildman–Crippen MR) is 92.4 cm³/mol. The molecular weight excluding hydrogens is 378 g/mol. The van der Waals surface area contributed by atoms with Crippen LogP contribution < -0.4 is 4.90 Å². The first-order valence-electron chi connectivity index (χ1n) is 9.10. The summed E-state index contributed by atoms with van der Waals surface area (Å²) in [5.74, 6) is -0.183. The summed E-state index contributed by atoms with van der Waals surface area (Å²) in [6.07, 6.45) is -0.668. The maximum absolute atomic E-state index is 14.3. The minimum Gasteiger partial charge on any atom is -0.374 e. The number of anilines is 1. The number of hydrogen-bond acceptors (Lipinski definition) is 3. The third kappa shape index (κ3) is 2.80. The van der Waals surface area contributed by atoms with Gasteiger partial charge in [0.1, 0.15) is 0 Å². The zero-order chi connectivity index (χ0) is 20.1. The third-order valence-corrected chi connectivity index (χ3v) is 5.55. The molecule has 4 rings (SSSR count). The molecule has 0 bridgehead atoms. The van der Waals surface area contributed by atoms with Crippen LogP contribution in [0.25, 0.3) is 0 Å². The lowest BCUT2D eigenvalue weighted by molar-refractivity contribution is -0.302. The van der Waals surface area contributed by atoms with Gasteiger partial charge in [-0.15, -0.1) is 0 Å². The van der Waals surface area contributed by atoms with Gasteiger partial charge in [-0.25, -0.2) is 9.37 Å². The number of amides is 1. The molecule has 0 spiro atoms. The number of benzene rings is 1. The second-order valence-electron chi connectivity index (χ2n) is 7.25. The Hall–Kier alpha value is -2.42. The first kappa shape index (κ1) is 18.9. The van der Waals surface area contributed by atoms with Crippen molar-refractivity contribution in [2.24, 2.45) is 0 Å². The van der Waals surface area contributed by atoms with E-state index in [9.17, 15) is 27.5 Å². The molecule has 1 N–H and O–H groups in total. The van der Waals surface area contributed by atoms with Crippen molar-refractivity contribution in [3.63, 3.8) is 0 Å². The molecule has 150 valence electrons. The van der Waals surface area contributed by atoms with Crippen molar-refractivity contribution in [1.29, 1.82) is 0 Å². The quantitative estimate of drug-likeness (QED) is 0.808. The van der Waals surface area contributed by atoms with Gasteiger partial charge in [0.15, 0.2) is 6.17 Å². The van der Waals surface area contributed by atoms with Crippen LogP contribution in [0.15, 0.2) is 30.9 Å². The summed E-state index contributed by atoms with van der Waals surface area (Å²) in [6.45, 7) is 0.851. The molecule has 0 fully saturated rings. The Morgan fingerprint density at radius 2 is 2.11 bits per heavy atom. The van der Waals surface area contributed by atoms with E-state index in [0.29, 0.717) is 43.6 Å². The van der Waals surface area contributed by atoms with Gasteiger partial charge in [-0.1, -0.05) is 0 Å². The van der Waals surface area contributed by atoms with Crippen molar-refractivity contribution < 1.29 is 27.5 Å². The van der Waals surface area contributed by atoms with Gasteiger partial charge in [0.2, 0.25) is 11.5 Å². The van der Waals surface area contributed by atoms with E-state index in [1.807, 2.05) is 0 Å². The van der Waals surface area contributed by atoms with E-state index in [2.05, 4.69) is 4.98 Å². The number of nitrogens with zero attached hydrogens (tertiary/aromatic N) is 3. The number of alkyl halides is 4. The Morgan fingerprint density at radius 3 is 2.79 bits per heavy atom. The van der Waals surface area contributed by atoms with Crippen LogP contribution in [0.3, 0.4) is 0 Å². The van der Waals surface area contributed by atoms with Crippen molar-refractivity contribution in [3.8, 4) is 0 Å². The molecule has 1 aromatic heterocycles. The molecule has 1 aromatic carbocycles. The van der Waals surface area contributed by atoms with E-state index in [-0.39, 0.29) is 17.9 Å². The van der Waals surface area contributed by atoms with Crippen LogP contribution in [0.5, 0.6) is 0 Å². The summed E-state index contributed by atoms with van der Waals surface area (Å²) in [5.41, 5.74) is -3.15. The molecule has 28 heavy (non-hydrogen) atoms. The lowest BCUT2D eigenvalue weighted by atomic mass is 9.70. The van der Waals surface area contributed by atoms with Crippen LogP contribution in [-0.2, 0) is 23.4 Å². The van der Waals surface area contributed by atoms with Crippen molar-refractivity contribution in [2.45, 2.75) is 50.2 Å². The largest absolute Gasteiger partial charge is 0.424 e. The molecule has 1 unspecified atom stereocenters. The molecule has 2 aliphatic rings. The number of carbonyl (C=O) groups excluding carboxylic acids is 1. The van der Waals surface area contributed by atoms with E-state index in [0.717, 1.165) is 0 Å². The summed E-state index contributed by atoms with van der Waals surface area (Å²) >= 11 is 0. The highest BCUT2D eigenvalue weighted by atomic mass is 19.4. The minimum atomic E-state index is -5.10. The Bertz CT molecular complexity index is 897. The average Bonchev–Trinajstić information content (AvgIpc) is 3.09. The summed E-state index contributed by atoms with van der Waals surface area (Å²) in [6, 6.07) is 2.52. The van der Waals surface area contributed by atoms with Crippen LogP contribution in [0.4, 0.5) is 23.2 Å². The first-order chi connectivity index (χ1) is 13.2. The van der Waals surface area contributed by atoms with Crippen molar-refractivity contribution >= 4 is 11.6 Å². The molecule has 0 saturated carbocycles. The van der Waals surface area contributed by atoms with E-state index in [1.54, 1.807) is 23.3 Å². The van der Waals surface area contributed by atoms with Gasteiger partial charge in [-0.3, -0.25) is 4.79 Å². The summed E-state index contributed by atoms with van der Waals surface area (Å²) in [5, 5.41) is 9.91. The molecule has 2 aromatic rings. The summed E-state index contributed by atoms with van der Waals surface area (Å²) in [4.78, 5) is 18.2. The Labute approximate surface area is 158 Å². The van der Waals surface area contributed by atoms with Gasteiger partial charge in [0.25, 0.3) is 0 Å². The number of halogens is 4. The Morgan fingerprint density at radius 1 is 1.32 bits per heavy atom. The number of imidazole rings is 1. The number of aliphatic hydroxyl groups is 1. The Balaban J connectivity index is 1.65. The van der Waals surface area contributed by atoms with E-state index < -0.39 is 23.5 Å². The van der Waals surface area contributed by atoms with Gasteiger partial charge in [0, 0.05) is 43.2 Å². The number of fused-ring (bicyclic) bond motifs is 2. The van der Waals surface area contributed by atoms with Gasteiger partial charge < -0.3 is 14.6 Å². The first-order valence-corrected chi connectivity index (χ1v) is 9.10. The van der Waals surface area contributed by atoms with Gasteiger partial charge in [-0.2, -0.15) is 13.2 Å². The van der Waals surface area contributed by atoms with E-state index in [4.69, 9.17) is 0 Å². The Kier molecular flexibility index (Phi) is 4.45. The second-order valence-corrected chi connectivity index (χ2v) is 7.25. The summed E-state index contributed by atoms with van der Waals surface area (Å²) in [7, 11) is 0. The van der Waals surface area contributed by atoms with Crippen LogP contribution >= 0.6 is 0 Å². The molecule has 1 aliphatic heterocycles. The summed E-state index contributed by atoms with van der Waals surface area (Å²) < 4.78 is 55.7. The van der Waals surface area contributed by atoms with Crippen LogP contribution in [0.2, 0.25) is 0 Å². The normalized spacial score (nSPS) is 24.2.